The minimum absolute atomic E-state index is 0.0409. The summed E-state index contributed by atoms with van der Waals surface area (Å²) in [5.41, 5.74) is 4.81. The highest BCUT2D eigenvalue weighted by atomic mass is 35.5. The van der Waals surface area contributed by atoms with Gasteiger partial charge in [-0.2, -0.15) is 13.2 Å². The van der Waals surface area contributed by atoms with Crippen molar-refractivity contribution in [1.82, 2.24) is 4.90 Å². The third kappa shape index (κ3) is 5.00. The molecule has 1 aliphatic rings. The topological polar surface area (TPSA) is 50.8 Å². The van der Waals surface area contributed by atoms with Crippen LogP contribution in [0.2, 0.25) is 0 Å². The highest BCUT2D eigenvalue weighted by Gasteiger charge is 2.31. The van der Waals surface area contributed by atoms with Crippen molar-refractivity contribution in [3.8, 4) is 5.75 Å². The van der Waals surface area contributed by atoms with Crippen LogP contribution in [0.25, 0.3) is 0 Å². The minimum Gasteiger partial charge on any atom is -0.488 e. The summed E-state index contributed by atoms with van der Waals surface area (Å²) in [4.78, 5) is 6.14. The Morgan fingerprint density at radius 1 is 1.39 bits per heavy atom. The number of aliphatic imine (C=N–C) groups is 1. The van der Waals surface area contributed by atoms with Crippen LogP contribution in [0.3, 0.4) is 0 Å². The third-order valence-electron chi connectivity index (χ3n) is 3.65. The van der Waals surface area contributed by atoms with Gasteiger partial charge >= 0.3 is 6.18 Å². The number of alkyl halides is 4. The molecule has 1 aromatic rings. The van der Waals surface area contributed by atoms with Gasteiger partial charge in [0, 0.05) is 13.1 Å². The highest BCUT2D eigenvalue weighted by molar-refractivity contribution is 6.28. The van der Waals surface area contributed by atoms with Gasteiger partial charge in [0.1, 0.15) is 23.4 Å². The maximum atomic E-state index is 12.9. The highest BCUT2D eigenvalue weighted by Crippen LogP contribution is 2.37. The van der Waals surface area contributed by atoms with E-state index in [9.17, 15) is 13.2 Å². The van der Waals surface area contributed by atoms with E-state index in [4.69, 9.17) is 22.1 Å². The fourth-order valence-electron chi connectivity index (χ4n) is 2.35. The molecule has 0 atom stereocenters. The van der Waals surface area contributed by atoms with E-state index in [1.54, 1.807) is 0 Å². The van der Waals surface area contributed by atoms with Crippen LogP contribution in [0.5, 0.6) is 5.75 Å². The first kappa shape index (κ1) is 17.9. The van der Waals surface area contributed by atoms with Crippen molar-refractivity contribution in [2.45, 2.75) is 25.1 Å². The maximum absolute atomic E-state index is 12.9. The zero-order valence-electron chi connectivity index (χ0n) is 12.7. The lowest BCUT2D eigenvalue weighted by atomic mass is 10.1. The van der Waals surface area contributed by atoms with Crippen LogP contribution in [0.15, 0.2) is 23.2 Å². The van der Waals surface area contributed by atoms with Crippen LogP contribution < -0.4 is 10.5 Å². The number of benzene rings is 1. The molecule has 0 aromatic heterocycles. The zero-order chi connectivity index (χ0) is 17.0. The van der Waals surface area contributed by atoms with Crippen LogP contribution in [0, 0.1) is 0 Å². The lowest BCUT2D eigenvalue weighted by Gasteiger charge is -2.29. The Balaban J connectivity index is 2.26. The predicted molar refractivity (Wildman–Crippen MR) is 84.6 cm³/mol. The molecular formula is C15H19ClF3N3O. The molecule has 23 heavy (non-hydrogen) atoms. The Morgan fingerprint density at radius 3 is 2.61 bits per heavy atom. The van der Waals surface area contributed by atoms with Gasteiger partial charge in [-0.3, -0.25) is 0 Å². The van der Waals surface area contributed by atoms with Gasteiger partial charge in [-0.25, -0.2) is 4.99 Å². The van der Waals surface area contributed by atoms with Crippen molar-refractivity contribution in [2.75, 3.05) is 26.0 Å². The number of hydrogen-bond acceptors (Lipinski definition) is 3. The number of nitrogens with two attached hydrogens (primary N) is 1. The lowest BCUT2D eigenvalue weighted by Crippen LogP contribution is -2.35. The van der Waals surface area contributed by atoms with E-state index >= 15 is 0 Å². The molecule has 1 heterocycles. The quantitative estimate of drug-likeness (QED) is 0.515. The number of likely N-dealkylation sites (tertiary alicyclic amines) is 1. The molecular weight excluding hydrogens is 331 g/mol. The first-order chi connectivity index (χ1) is 10.8. The Labute approximate surface area is 138 Å². The van der Waals surface area contributed by atoms with Gasteiger partial charge in [-0.05, 0) is 38.1 Å². The van der Waals surface area contributed by atoms with Gasteiger partial charge in [-0.15, -0.1) is 11.6 Å². The third-order valence-corrected chi connectivity index (χ3v) is 3.92. The number of rotatable bonds is 4. The molecule has 0 spiro atoms. The number of hydrogen-bond donors (Lipinski definition) is 1. The Morgan fingerprint density at radius 2 is 2.04 bits per heavy atom. The fourth-order valence-corrected chi connectivity index (χ4v) is 2.41. The molecule has 1 saturated heterocycles. The van der Waals surface area contributed by atoms with E-state index in [1.165, 1.54) is 6.07 Å². The summed E-state index contributed by atoms with van der Waals surface area (Å²) in [6.45, 7) is 1.77. The molecule has 1 aliphatic heterocycles. The van der Waals surface area contributed by atoms with Crippen molar-refractivity contribution >= 4 is 23.1 Å². The normalized spacial score (nSPS) is 18.2. The summed E-state index contributed by atoms with van der Waals surface area (Å²) in [6.07, 6.45) is -2.88. The van der Waals surface area contributed by atoms with Crippen LogP contribution in [0.4, 0.5) is 18.9 Å². The molecule has 0 radical (unpaired) electrons. The number of nitrogens with zero attached hydrogens (tertiary/aromatic N) is 2. The molecule has 0 aliphatic carbocycles. The van der Waals surface area contributed by atoms with E-state index in [0.29, 0.717) is 5.75 Å². The van der Waals surface area contributed by atoms with Crippen LogP contribution in [-0.4, -0.2) is 42.9 Å². The van der Waals surface area contributed by atoms with Gasteiger partial charge in [0.15, 0.2) is 0 Å². The van der Waals surface area contributed by atoms with E-state index in [1.807, 2.05) is 7.05 Å². The monoisotopic (exact) mass is 349 g/mol. The summed E-state index contributed by atoms with van der Waals surface area (Å²) in [6, 6.07) is 3.21. The average Bonchev–Trinajstić information content (AvgIpc) is 2.50. The zero-order valence-corrected chi connectivity index (χ0v) is 13.5. The van der Waals surface area contributed by atoms with Crippen LogP contribution in [-0.2, 0) is 6.18 Å². The molecule has 4 nitrogen and oxygen atoms in total. The van der Waals surface area contributed by atoms with Crippen LogP contribution >= 0.6 is 11.6 Å². The average molecular weight is 350 g/mol. The second kappa shape index (κ2) is 7.40. The van der Waals surface area contributed by atoms with Gasteiger partial charge in [0.25, 0.3) is 0 Å². The van der Waals surface area contributed by atoms with Crippen molar-refractivity contribution in [2.24, 2.45) is 10.7 Å². The van der Waals surface area contributed by atoms with Gasteiger partial charge in [0.2, 0.25) is 0 Å². The van der Waals surface area contributed by atoms with Crippen LogP contribution in [0.1, 0.15) is 18.4 Å². The van der Waals surface area contributed by atoms with Crippen molar-refractivity contribution < 1.29 is 17.9 Å². The van der Waals surface area contributed by atoms with Crippen molar-refractivity contribution in [3.05, 3.63) is 23.8 Å². The summed E-state index contributed by atoms with van der Waals surface area (Å²) < 4.78 is 44.5. The smallest absolute Gasteiger partial charge is 0.416 e. The number of ether oxygens (including phenoxy) is 1. The molecule has 1 fully saturated rings. The SMILES string of the molecule is CN1CCC(Oc2ccc(C(F)(F)F)cc2N=C(N)CCl)CC1. The van der Waals surface area contributed by atoms with E-state index in [2.05, 4.69) is 9.89 Å². The second-order valence-electron chi connectivity index (χ2n) is 5.54. The van der Waals surface area contributed by atoms with Gasteiger partial charge < -0.3 is 15.4 Å². The molecule has 0 bridgehead atoms. The molecule has 2 rings (SSSR count). The summed E-state index contributed by atoms with van der Waals surface area (Å²) in [7, 11) is 2.02. The van der Waals surface area contributed by atoms with E-state index in [-0.39, 0.29) is 23.5 Å². The molecule has 2 N–H and O–H groups in total. The largest absolute Gasteiger partial charge is 0.488 e. The number of halogens is 4. The lowest BCUT2D eigenvalue weighted by molar-refractivity contribution is -0.137. The van der Waals surface area contributed by atoms with Crippen molar-refractivity contribution in [1.29, 1.82) is 0 Å². The minimum atomic E-state index is -4.45. The van der Waals surface area contributed by atoms with E-state index < -0.39 is 11.7 Å². The van der Waals surface area contributed by atoms with Crippen molar-refractivity contribution in [3.63, 3.8) is 0 Å². The van der Waals surface area contributed by atoms with Gasteiger partial charge in [0.05, 0.1) is 11.4 Å². The first-order valence-electron chi connectivity index (χ1n) is 7.25. The summed E-state index contributed by atoms with van der Waals surface area (Å²) in [5.74, 6) is 0.268. The second-order valence-corrected chi connectivity index (χ2v) is 5.80. The number of piperidine rings is 1. The number of amidine groups is 1. The van der Waals surface area contributed by atoms with Gasteiger partial charge in [-0.1, -0.05) is 0 Å². The standard InChI is InChI=1S/C15H19ClF3N3O/c1-22-6-4-11(5-7-22)23-13-3-2-10(15(17,18)19)8-12(13)21-14(20)9-16/h2-3,8,11H,4-7,9H2,1H3,(H2,20,21). The molecule has 8 heteroatoms. The summed E-state index contributed by atoms with van der Waals surface area (Å²) >= 11 is 5.57. The molecule has 0 amide bonds. The van der Waals surface area contributed by atoms with E-state index in [0.717, 1.165) is 38.1 Å². The Hall–Kier alpha value is -1.47. The Kier molecular flexibility index (Phi) is 5.75. The summed E-state index contributed by atoms with van der Waals surface area (Å²) in [5, 5.41) is 0. The maximum Gasteiger partial charge on any atom is 0.416 e. The Bertz CT molecular complexity index is 570. The molecule has 1 aromatic carbocycles. The fraction of sp³-hybridized carbons (Fsp3) is 0.533. The molecule has 0 saturated carbocycles. The predicted octanol–water partition coefficient (Wildman–Crippen LogP) is 3.41. The molecule has 128 valence electrons. The molecule has 0 unspecified atom stereocenters. The first-order valence-corrected chi connectivity index (χ1v) is 7.78.